The highest BCUT2D eigenvalue weighted by atomic mass is 16.3. The van der Waals surface area contributed by atoms with Crippen LogP contribution < -0.4 is 9.13 Å². The lowest BCUT2D eigenvalue weighted by Crippen LogP contribution is -2.52. The third kappa shape index (κ3) is 4.42. The van der Waals surface area contributed by atoms with Gasteiger partial charge in [-0.1, -0.05) is 63.2 Å². The fourth-order valence-corrected chi connectivity index (χ4v) is 7.52. The quantitative estimate of drug-likeness (QED) is 0.152. The number of benzene rings is 2. The van der Waals surface area contributed by atoms with Crippen LogP contribution in [-0.4, -0.2) is 5.11 Å². The Bertz CT molecular complexity index is 1760. The van der Waals surface area contributed by atoms with E-state index >= 15 is 0 Å². The minimum atomic E-state index is -0.0747. The van der Waals surface area contributed by atoms with Crippen LogP contribution in [0.3, 0.4) is 0 Å². The Morgan fingerprint density at radius 2 is 1.55 bits per heavy atom. The number of allylic oxidation sites excluding steroid dienone is 3. The monoisotopic (exact) mass is 556 g/mol. The molecule has 2 aromatic heterocycles. The molecule has 3 nitrogen and oxygen atoms in total. The van der Waals surface area contributed by atoms with Gasteiger partial charge in [-0.3, -0.25) is 0 Å². The fourth-order valence-electron chi connectivity index (χ4n) is 7.52. The minimum Gasteiger partial charge on any atom is -0.512 e. The Morgan fingerprint density at radius 3 is 2.19 bits per heavy atom. The van der Waals surface area contributed by atoms with Crippen molar-refractivity contribution in [3.63, 3.8) is 0 Å². The lowest BCUT2D eigenvalue weighted by atomic mass is 9.76. The van der Waals surface area contributed by atoms with Crippen molar-refractivity contribution in [3.8, 4) is 22.4 Å². The largest absolute Gasteiger partial charge is 0.512 e. The maximum atomic E-state index is 11.1. The summed E-state index contributed by atoms with van der Waals surface area (Å²) >= 11 is 0. The molecule has 0 fully saturated rings. The summed E-state index contributed by atoms with van der Waals surface area (Å²) in [6, 6.07) is 20.5. The second kappa shape index (κ2) is 10.1. The van der Waals surface area contributed by atoms with Crippen molar-refractivity contribution in [1.29, 1.82) is 0 Å². The molecule has 6 rings (SSSR count). The zero-order valence-electron chi connectivity index (χ0n) is 26.4. The lowest BCUT2D eigenvalue weighted by molar-refractivity contribution is -0.749. The van der Waals surface area contributed by atoms with E-state index in [9.17, 15) is 5.11 Å². The van der Waals surface area contributed by atoms with Gasteiger partial charge in [0.2, 0.25) is 11.4 Å². The first-order valence-corrected chi connectivity index (χ1v) is 15.2. The van der Waals surface area contributed by atoms with E-state index in [-0.39, 0.29) is 23.4 Å². The van der Waals surface area contributed by atoms with Crippen molar-refractivity contribution in [2.75, 3.05) is 0 Å². The molecular formula is C39H44N2O+2. The van der Waals surface area contributed by atoms with Crippen molar-refractivity contribution < 1.29 is 14.2 Å². The summed E-state index contributed by atoms with van der Waals surface area (Å²) in [5.41, 5.74) is 14.9. The molecule has 1 N–H and O–H groups in total. The Labute approximate surface area is 251 Å². The van der Waals surface area contributed by atoms with Crippen LogP contribution in [0.2, 0.25) is 0 Å². The second-order valence-corrected chi connectivity index (χ2v) is 13.6. The summed E-state index contributed by atoms with van der Waals surface area (Å²) in [5, 5.41) is 11.1. The first-order valence-electron chi connectivity index (χ1n) is 15.2. The Balaban J connectivity index is 1.65. The van der Waals surface area contributed by atoms with Crippen LogP contribution in [0.25, 0.3) is 28.0 Å². The Morgan fingerprint density at radius 1 is 0.857 bits per heavy atom. The van der Waals surface area contributed by atoms with Crippen LogP contribution in [0, 0.1) is 27.7 Å². The van der Waals surface area contributed by atoms with E-state index in [4.69, 9.17) is 0 Å². The van der Waals surface area contributed by atoms with Crippen molar-refractivity contribution in [2.45, 2.75) is 85.2 Å². The molecule has 42 heavy (non-hydrogen) atoms. The summed E-state index contributed by atoms with van der Waals surface area (Å²) in [6.45, 7) is 21.9. The summed E-state index contributed by atoms with van der Waals surface area (Å²) < 4.78 is 4.91. The minimum absolute atomic E-state index is 0.0747. The molecule has 0 aliphatic carbocycles. The number of fused-ring (bicyclic) bond motifs is 4. The molecule has 214 valence electrons. The zero-order chi connectivity index (χ0) is 30.1. The molecule has 0 saturated heterocycles. The SMILES string of the molecule is C=CC1C(C2C/C(=C(\C)O)c3cc(-c4c(C)cccc4C)c(C(C)(C)C)c[n+]32)c2cc(C)ccc2-c2ccc(C)c[n+]21. The van der Waals surface area contributed by atoms with Crippen LogP contribution in [0.5, 0.6) is 0 Å². The van der Waals surface area contributed by atoms with Gasteiger partial charge in [-0.15, -0.1) is 0 Å². The predicted molar refractivity (Wildman–Crippen MR) is 173 cm³/mol. The third-order valence-corrected chi connectivity index (χ3v) is 9.50. The molecule has 0 saturated carbocycles. The summed E-state index contributed by atoms with van der Waals surface area (Å²) in [5.74, 6) is 0.553. The van der Waals surface area contributed by atoms with Gasteiger partial charge in [-0.2, -0.15) is 9.13 Å². The first-order chi connectivity index (χ1) is 19.9. The summed E-state index contributed by atoms with van der Waals surface area (Å²) in [6.07, 6.45) is 7.58. The molecular weight excluding hydrogens is 512 g/mol. The first kappa shape index (κ1) is 28.2. The number of pyridine rings is 2. The molecule has 0 amide bonds. The van der Waals surface area contributed by atoms with Crippen LogP contribution in [-0.2, 0) is 5.41 Å². The number of aryl methyl sites for hydroxylation is 4. The standard InChI is InChI=1S/C39H43N2O/c1-10-33-38(30-18-23(2)14-16-28(30)34-17-15-24(3)21-40(33)34)36-19-29(27(6)42)35-20-31(32(22-41(35)36)39(7,8)9)37-25(4)12-11-13-26(37)5/h10-18,20-22,33,36,38H,1,19H2,2-9H3/q+1/p+1. The molecule has 0 radical (unpaired) electrons. The molecule has 2 aliphatic rings. The van der Waals surface area contributed by atoms with E-state index in [0.29, 0.717) is 5.76 Å². The second-order valence-electron chi connectivity index (χ2n) is 13.6. The molecule has 4 heterocycles. The summed E-state index contributed by atoms with van der Waals surface area (Å²) in [4.78, 5) is 0. The number of aliphatic hydroxyl groups excluding tert-OH is 1. The smallest absolute Gasteiger partial charge is 0.213 e. The van der Waals surface area contributed by atoms with Gasteiger partial charge < -0.3 is 5.11 Å². The van der Waals surface area contributed by atoms with Crippen LogP contribution in [0.1, 0.15) is 91.2 Å². The zero-order valence-corrected chi connectivity index (χ0v) is 26.4. The molecule has 3 heteroatoms. The number of nitrogens with zero attached hydrogens (tertiary/aromatic N) is 2. The van der Waals surface area contributed by atoms with Gasteiger partial charge >= 0.3 is 0 Å². The normalized spacial score (nSPS) is 20.5. The number of hydrogen-bond acceptors (Lipinski definition) is 1. The van der Waals surface area contributed by atoms with Gasteiger partial charge in [0.05, 0.1) is 16.9 Å². The van der Waals surface area contributed by atoms with E-state index in [2.05, 4.69) is 137 Å². The predicted octanol–water partition coefficient (Wildman–Crippen LogP) is 8.89. The van der Waals surface area contributed by atoms with E-state index in [1.54, 1.807) is 0 Å². The molecule has 0 bridgehead atoms. The highest BCUT2D eigenvalue weighted by Gasteiger charge is 2.51. The van der Waals surface area contributed by atoms with Crippen molar-refractivity contribution in [1.82, 2.24) is 0 Å². The number of hydrogen-bond donors (Lipinski definition) is 1. The molecule has 2 aromatic carbocycles. The Hall–Kier alpha value is -3.98. The van der Waals surface area contributed by atoms with Gasteiger partial charge in [0.25, 0.3) is 0 Å². The van der Waals surface area contributed by atoms with Gasteiger partial charge in [0, 0.05) is 29.7 Å². The van der Waals surface area contributed by atoms with E-state index in [1.165, 1.54) is 55.8 Å². The molecule has 3 unspecified atom stereocenters. The van der Waals surface area contributed by atoms with Crippen LogP contribution in [0.15, 0.2) is 85.4 Å². The lowest BCUT2D eigenvalue weighted by Gasteiger charge is -2.31. The van der Waals surface area contributed by atoms with Crippen LogP contribution >= 0.6 is 0 Å². The molecule has 0 spiro atoms. The topological polar surface area (TPSA) is 28.0 Å². The van der Waals surface area contributed by atoms with Crippen molar-refractivity contribution in [3.05, 3.63) is 124 Å². The Kier molecular flexibility index (Phi) is 6.76. The maximum Gasteiger partial charge on any atom is 0.213 e. The van der Waals surface area contributed by atoms with Gasteiger partial charge in [-0.05, 0) is 86.1 Å². The molecule has 3 atom stereocenters. The van der Waals surface area contributed by atoms with Crippen LogP contribution in [0.4, 0.5) is 0 Å². The maximum absolute atomic E-state index is 11.1. The van der Waals surface area contributed by atoms with E-state index in [1.807, 2.05) is 6.92 Å². The highest BCUT2D eigenvalue weighted by Crippen LogP contribution is 2.50. The third-order valence-electron chi connectivity index (χ3n) is 9.50. The van der Waals surface area contributed by atoms with E-state index < -0.39 is 0 Å². The average Bonchev–Trinajstić information content (AvgIpc) is 3.29. The molecule has 4 aromatic rings. The number of aromatic nitrogens is 2. The van der Waals surface area contributed by atoms with Gasteiger partial charge in [0.15, 0.2) is 24.5 Å². The number of rotatable bonds is 3. The number of aliphatic hydroxyl groups is 1. The molecule has 2 aliphatic heterocycles. The van der Waals surface area contributed by atoms with E-state index in [0.717, 1.165) is 17.7 Å². The van der Waals surface area contributed by atoms with Crippen molar-refractivity contribution in [2.24, 2.45) is 0 Å². The summed E-state index contributed by atoms with van der Waals surface area (Å²) in [7, 11) is 0. The van der Waals surface area contributed by atoms with Gasteiger partial charge in [0.1, 0.15) is 5.92 Å². The van der Waals surface area contributed by atoms with Crippen molar-refractivity contribution >= 4 is 5.57 Å². The fraction of sp³-hybridized carbons (Fsp3) is 0.333. The highest BCUT2D eigenvalue weighted by molar-refractivity contribution is 5.78. The van der Waals surface area contributed by atoms with Gasteiger partial charge in [-0.25, -0.2) is 0 Å². The average molecular weight is 557 g/mol.